The number of piperazine rings is 1. The second kappa shape index (κ2) is 6.87. The molecule has 0 N–H and O–H groups in total. The molecule has 3 aromatic rings. The van der Waals surface area contributed by atoms with Crippen LogP contribution in [0.15, 0.2) is 65.7 Å². The van der Waals surface area contributed by atoms with Gasteiger partial charge >= 0.3 is 0 Å². The number of sulfonamides is 1. The van der Waals surface area contributed by atoms with Gasteiger partial charge in [0.15, 0.2) is 0 Å². The third-order valence-corrected chi connectivity index (χ3v) is 7.00. The second-order valence-electron chi connectivity index (χ2n) is 6.78. The number of hydrogen-bond donors (Lipinski definition) is 0. The summed E-state index contributed by atoms with van der Waals surface area (Å²) in [4.78, 5) is 2.71. The van der Waals surface area contributed by atoms with Crippen LogP contribution in [0.1, 0.15) is 5.56 Å². The molecule has 0 bridgehead atoms. The van der Waals surface area contributed by atoms with Gasteiger partial charge in [-0.3, -0.25) is 4.90 Å². The number of fused-ring (bicyclic) bond motifs is 1. The molecule has 1 aliphatic heterocycles. The molecule has 0 unspecified atom stereocenters. The molecule has 4 rings (SSSR count). The number of aryl methyl sites for hydroxylation is 1. The summed E-state index contributed by atoms with van der Waals surface area (Å²) >= 11 is 0. The van der Waals surface area contributed by atoms with Crippen molar-refractivity contribution in [1.29, 1.82) is 0 Å². The maximum absolute atomic E-state index is 12.7. The van der Waals surface area contributed by atoms with E-state index < -0.39 is 10.0 Å². The van der Waals surface area contributed by atoms with E-state index in [0.29, 0.717) is 18.0 Å². The van der Waals surface area contributed by atoms with E-state index in [1.54, 1.807) is 28.6 Å². The first-order chi connectivity index (χ1) is 12.6. The Morgan fingerprint density at radius 2 is 1.54 bits per heavy atom. The smallest absolute Gasteiger partial charge is 0.243 e. The topological polar surface area (TPSA) is 45.5 Å². The summed E-state index contributed by atoms with van der Waals surface area (Å²) in [5, 5.41) is 1.27. The molecule has 136 valence electrons. The Hall–Kier alpha value is -2.15. The molecule has 1 aromatic heterocycles. The van der Waals surface area contributed by atoms with Crippen LogP contribution in [-0.2, 0) is 23.6 Å². The van der Waals surface area contributed by atoms with Crippen molar-refractivity contribution in [3.63, 3.8) is 0 Å². The fourth-order valence-electron chi connectivity index (χ4n) is 3.66. The van der Waals surface area contributed by atoms with Gasteiger partial charge in [0, 0.05) is 56.9 Å². The Morgan fingerprint density at radius 1 is 0.885 bits per heavy atom. The van der Waals surface area contributed by atoms with E-state index >= 15 is 0 Å². The van der Waals surface area contributed by atoms with Gasteiger partial charge in [-0.05, 0) is 23.8 Å². The van der Waals surface area contributed by atoms with Crippen LogP contribution < -0.4 is 0 Å². The van der Waals surface area contributed by atoms with Crippen LogP contribution in [0.3, 0.4) is 0 Å². The average Bonchev–Trinajstić information content (AvgIpc) is 2.99. The largest absolute Gasteiger partial charge is 0.350 e. The lowest BCUT2D eigenvalue weighted by Crippen LogP contribution is -2.48. The van der Waals surface area contributed by atoms with E-state index in [1.165, 1.54) is 16.5 Å². The van der Waals surface area contributed by atoms with Gasteiger partial charge in [0.05, 0.1) is 4.90 Å². The Balaban J connectivity index is 1.45. The predicted octanol–water partition coefficient (Wildman–Crippen LogP) is 2.68. The Labute approximate surface area is 154 Å². The maximum atomic E-state index is 12.7. The molecule has 1 saturated heterocycles. The van der Waals surface area contributed by atoms with Crippen molar-refractivity contribution in [3.05, 3.63) is 66.4 Å². The highest BCUT2D eigenvalue weighted by Gasteiger charge is 2.28. The standard InChI is InChI=1S/C20H23N3O2S/c1-21-15-17(19-9-5-6-10-20(19)21)16-22-11-13-23(14-12-22)26(24,25)18-7-3-2-4-8-18/h2-10,15H,11-14,16H2,1H3. The van der Waals surface area contributed by atoms with Crippen LogP contribution >= 0.6 is 0 Å². The Bertz CT molecular complexity index is 1000. The first-order valence-electron chi connectivity index (χ1n) is 8.86. The molecule has 0 amide bonds. The minimum Gasteiger partial charge on any atom is -0.350 e. The summed E-state index contributed by atoms with van der Waals surface area (Å²) in [6.07, 6.45) is 2.18. The number of hydrogen-bond acceptors (Lipinski definition) is 3. The van der Waals surface area contributed by atoms with Crippen molar-refractivity contribution in [2.75, 3.05) is 26.2 Å². The van der Waals surface area contributed by atoms with Crippen LogP contribution in [0.5, 0.6) is 0 Å². The fraction of sp³-hybridized carbons (Fsp3) is 0.300. The van der Waals surface area contributed by atoms with E-state index in [2.05, 4.69) is 47.0 Å². The van der Waals surface area contributed by atoms with Gasteiger partial charge in [0.2, 0.25) is 10.0 Å². The summed E-state index contributed by atoms with van der Waals surface area (Å²) in [5.41, 5.74) is 2.52. The highest BCUT2D eigenvalue weighted by atomic mass is 32.2. The molecule has 1 aliphatic rings. The molecular weight excluding hydrogens is 346 g/mol. The van der Waals surface area contributed by atoms with Gasteiger partial charge in [-0.25, -0.2) is 8.42 Å². The highest BCUT2D eigenvalue weighted by molar-refractivity contribution is 7.89. The van der Waals surface area contributed by atoms with E-state index in [9.17, 15) is 8.42 Å². The maximum Gasteiger partial charge on any atom is 0.243 e. The molecule has 2 heterocycles. The number of nitrogens with zero attached hydrogens (tertiary/aromatic N) is 3. The normalized spacial score (nSPS) is 17.0. The average molecular weight is 369 g/mol. The van der Waals surface area contributed by atoms with Crippen molar-refractivity contribution in [2.45, 2.75) is 11.4 Å². The van der Waals surface area contributed by atoms with E-state index in [0.717, 1.165) is 19.6 Å². The van der Waals surface area contributed by atoms with Gasteiger partial charge < -0.3 is 4.57 Å². The van der Waals surface area contributed by atoms with Crippen LogP contribution in [0.25, 0.3) is 10.9 Å². The minimum atomic E-state index is -3.39. The third-order valence-electron chi connectivity index (χ3n) is 5.09. The Kier molecular flexibility index (Phi) is 4.56. The summed E-state index contributed by atoms with van der Waals surface area (Å²) in [5.74, 6) is 0. The van der Waals surface area contributed by atoms with Crippen LogP contribution in [0.4, 0.5) is 0 Å². The predicted molar refractivity (Wildman–Crippen MR) is 103 cm³/mol. The second-order valence-corrected chi connectivity index (χ2v) is 8.71. The lowest BCUT2D eigenvalue weighted by Gasteiger charge is -2.33. The quantitative estimate of drug-likeness (QED) is 0.710. The van der Waals surface area contributed by atoms with Crippen molar-refractivity contribution in [3.8, 4) is 0 Å². The monoisotopic (exact) mass is 369 g/mol. The third kappa shape index (κ3) is 3.16. The molecule has 0 saturated carbocycles. The van der Waals surface area contributed by atoms with Gasteiger partial charge in [-0.1, -0.05) is 36.4 Å². The van der Waals surface area contributed by atoms with Crippen molar-refractivity contribution in [1.82, 2.24) is 13.8 Å². The molecule has 5 nitrogen and oxygen atoms in total. The first-order valence-corrected chi connectivity index (χ1v) is 10.3. The van der Waals surface area contributed by atoms with Crippen LogP contribution in [0, 0.1) is 0 Å². The number of rotatable bonds is 4. The van der Waals surface area contributed by atoms with Crippen LogP contribution in [0.2, 0.25) is 0 Å². The molecule has 2 aromatic carbocycles. The highest BCUT2D eigenvalue weighted by Crippen LogP contribution is 2.23. The van der Waals surface area contributed by atoms with E-state index in [-0.39, 0.29) is 0 Å². The minimum absolute atomic E-state index is 0.377. The molecule has 26 heavy (non-hydrogen) atoms. The zero-order valence-corrected chi connectivity index (χ0v) is 15.7. The van der Waals surface area contributed by atoms with Crippen LogP contribution in [-0.4, -0.2) is 48.4 Å². The van der Waals surface area contributed by atoms with Crippen molar-refractivity contribution in [2.24, 2.45) is 7.05 Å². The van der Waals surface area contributed by atoms with Crippen molar-refractivity contribution < 1.29 is 8.42 Å². The lowest BCUT2D eigenvalue weighted by molar-refractivity contribution is 0.182. The summed E-state index contributed by atoms with van der Waals surface area (Å²) < 4.78 is 29.2. The number of benzene rings is 2. The van der Waals surface area contributed by atoms with E-state index in [1.807, 2.05) is 6.07 Å². The van der Waals surface area contributed by atoms with Gasteiger partial charge in [0.25, 0.3) is 0 Å². The first kappa shape index (κ1) is 17.3. The lowest BCUT2D eigenvalue weighted by atomic mass is 10.1. The fourth-order valence-corrected chi connectivity index (χ4v) is 5.11. The molecule has 0 spiro atoms. The summed E-state index contributed by atoms with van der Waals surface area (Å²) in [6, 6.07) is 17.1. The Morgan fingerprint density at radius 3 is 2.27 bits per heavy atom. The summed E-state index contributed by atoms with van der Waals surface area (Å²) in [6.45, 7) is 3.40. The molecule has 0 atom stereocenters. The summed E-state index contributed by atoms with van der Waals surface area (Å²) in [7, 11) is -1.32. The number of para-hydroxylation sites is 1. The van der Waals surface area contributed by atoms with Crippen molar-refractivity contribution >= 4 is 20.9 Å². The molecule has 0 aliphatic carbocycles. The SMILES string of the molecule is Cn1cc(CN2CCN(S(=O)(=O)c3ccccc3)CC2)c2ccccc21. The molecule has 0 radical (unpaired) electrons. The zero-order chi connectivity index (χ0) is 18.1. The molecule has 6 heteroatoms. The van der Waals surface area contributed by atoms with Gasteiger partial charge in [-0.2, -0.15) is 4.31 Å². The number of aromatic nitrogens is 1. The van der Waals surface area contributed by atoms with Gasteiger partial charge in [0.1, 0.15) is 0 Å². The molecule has 1 fully saturated rings. The zero-order valence-electron chi connectivity index (χ0n) is 14.9. The molecular formula is C20H23N3O2S. The van der Waals surface area contributed by atoms with Gasteiger partial charge in [-0.15, -0.1) is 0 Å². The van der Waals surface area contributed by atoms with E-state index in [4.69, 9.17) is 0 Å².